The zero-order chi connectivity index (χ0) is 12.4. The van der Waals surface area contributed by atoms with Gasteiger partial charge in [-0.15, -0.1) is 5.10 Å². The monoisotopic (exact) mass is 246 g/mol. The number of carbonyl (C=O) groups is 1. The van der Waals surface area contributed by atoms with E-state index in [1.807, 2.05) is 12.1 Å². The molecule has 3 rings (SSSR count). The number of aryl methyl sites for hydroxylation is 2. The normalized spacial score (nSPS) is 14.6. The molecular formula is C12H14N4O2. The van der Waals surface area contributed by atoms with E-state index in [-0.39, 0.29) is 5.91 Å². The molecule has 1 aliphatic rings. The molecule has 2 aromatic heterocycles. The highest BCUT2D eigenvalue weighted by Crippen LogP contribution is 2.23. The average molecular weight is 246 g/mol. The predicted octanol–water partition coefficient (Wildman–Crippen LogP) is 1.31. The maximum atomic E-state index is 12.2. The minimum atomic E-state index is 0.0706. The fourth-order valence-electron chi connectivity index (χ4n) is 2.20. The summed E-state index contributed by atoms with van der Waals surface area (Å²) in [5.74, 6) is 1.59. The van der Waals surface area contributed by atoms with Gasteiger partial charge in [-0.25, -0.2) is 0 Å². The van der Waals surface area contributed by atoms with Gasteiger partial charge in [-0.3, -0.25) is 9.69 Å². The third-order valence-electron chi connectivity index (χ3n) is 3.12. The van der Waals surface area contributed by atoms with E-state index < -0.39 is 0 Å². The van der Waals surface area contributed by atoms with Gasteiger partial charge < -0.3 is 4.42 Å². The first-order chi connectivity index (χ1) is 8.84. The van der Waals surface area contributed by atoms with Crippen LogP contribution in [0.2, 0.25) is 0 Å². The molecule has 0 aromatic carbocycles. The standard InChI is InChI=1S/C12H14N4O2/c17-11(6-5-9-3-2-8-18-9)16-7-1-4-10-12(16)14-15-13-10/h2-3,8H,1,4-7H2,(H,13,14,15). The van der Waals surface area contributed by atoms with E-state index in [9.17, 15) is 4.79 Å². The molecule has 0 saturated heterocycles. The number of H-pyrrole nitrogens is 1. The van der Waals surface area contributed by atoms with E-state index >= 15 is 0 Å². The van der Waals surface area contributed by atoms with Gasteiger partial charge in [-0.2, -0.15) is 10.3 Å². The van der Waals surface area contributed by atoms with Gasteiger partial charge in [0, 0.05) is 19.4 Å². The van der Waals surface area contributed by atoms with Crippen LogP contribution in [0.5, 0.6) is 0 Å². The Hall–Kier alpha value is -2.11. The molecule has 2 aromatic rings. The molecule has 6 nitrogen and oxygen atoms in total. The summed E-state index contributed by atoms with van der Waals surface area (Å²) >= 11 is 0. The molecule has 3 heterocycles. The van der Waals surface area contributed by atoms with Crippen molar-refractivity contribution in [2.24, 2.45) is 0 Å². The van der Waals surface area contributed by atoms with Crippen molar-refractivity contribution in [3.63, 3.8) is 0 Å². The van der Waals surface area contributed by atoms with Gasteiger partial charge in [0.25, 0.3) is 0 Å². The number of hydrogen-bond donors (Lipinski definition) is 1. The average Bonchev–Trinajstić information content (AvgIpc) is 3.05. The number of nitrogens with one attached hydrogen (secondary N) is 1. The molecule has 1 aliphatic heterocycles. The van der Waals surface area contributed by atoms with Crippen LogP contribution in [0.25, 0.3) is 0 Å². The van der Waals surface area contributed by atoms with Crippen molar-refractivity contribution in [2.75, 3.05) is 11.4 Å². The Kier molecular flexibility index (Phi) is 2.84. The Morgan fingerprint density at radius 2 is 2.44 bits per heavy atom. The van der Waals surface area contributed by atoms with Crippen molar-refractivity contribution >= 4 is 11.7 Å². The highest BCUT2D eigenvalue weighted by Gasteiger charge is 2.25. The summed E-state index contributed by atoms with van der Waals surface area (Å²) in [6, 6.07) is 3.71. The van der Waals surface area contributed by atoms with E-state index in [1.54, 1.807) is 11.2 Å². The first-order valence-electron chi connectivity index (χ1n) is 6.07. The number of anilines is 1. The number of hydrogen-bond acceptors (Lipinski definition) is 4. The Morgan fingerprint density at radius 3 is 3.28 bits per heavy atom. The predicted molar refractivity (Wildman–Crippen MR) is 64.1 cm³/mol. The number of aromatic amines is 1. The van der Waals surface area contributed by atoms with E-state index in [4.69, 9.17) is 4.42 Å². The zero-order valence-corrected chi connectivity index (χ0v) is 9.93. The lowest BCUT2D eigenvalue weighted by molar-refractivity contribution is -0.118. The summed E-state index contributed by atoms with van der Waals surface area (Å²) in [5.41, 5.74) is 0.882. The number of carbonyl (C=O) groups excluding carboxylic acids is 1. The molecule has 6 heteroatoms. The Bertz CT molecular complexity index is 532. The zero-order valence-electron chi connectivity index (χ0n) is 9.93. The molecule has 0 radical (unpaired) electrons. The van der Waals surface area contributed by atoms with Crippen LogP contribution in [-0.4, -0.2) is 27.9 Å². The van der Waals surface area contributed by atoms with Crippen molar-refractivity contribution < 1.29 is 9.21 Å². The van der Waals surface area contributed by atoms with Gasteiger partial charge in [-0.05, 0) is 25.0 Å². The first-order valence-corrected chi connectivity index (χ1v) is 6.07. The van der Waals surface area contributed by atoms with Gasteiger partial charge in [0.2, 0.25) is 5.91 Å². The van der Waals surface area contributed by atoms with Crippen LogP contribution in [0.1, 0.15) is 24.3 Å². The SMILES string of the molecule is O=C(CCc1ccco1)N1CCCc2n[nH]nc21. The quantitative estimate of drug-likeness (QED) is 0.886. The summed E-state index contributed by atoms with van der Waals surface area (Å²) in [6.07, 6.45) is 4.49. The van der Waals surface area contributed by atoms with Gasteiger partial charge >= 0.3 is 0 Å². The maximum Gasteiger partial charge on any atom is 0.228 e. The number of furan rings is 1. The lowest BCUT2D eigenvalue weighted by atomic mass is 10.1. The highest BCUT2D eigenvalue weighted by atomic mass is 16.3. The molecule has 1 N–H and O–H groups in total. The second-order valence-electron chi connectivity index (χ2n) is 4.32. The van der Waals surface area contributed by atoms with Gasteiger partial charge in [0.1, 0.15) is 11.5 Å². The minimum Gasteiger partial charge on any atom is -0.469 e. The molecule has 0 unspecified atom stereocenters. The number of aromatic nitrogens is 3. The maximum absolute atomic E-state index is 12.2. The lowest BCUT2D eigenvalue weighted by Gasteiger charge is -2.24. The van der Waals surface area contributed by atoms with Crippen LogP contribution < -0.4 is 4.90 Å². The summed E-state index contributed by atoms with van der Waals surface area (Å²) in [6.45, 7) is 0.719. The van der Waals surface area contributed by atoms with E-state index in [1.165, 1.54) is 0 Å². The smallest absolute Gasteiger partial charge is 0.228 e. The molecule has 0 saturated carbocycles. The van der Waals surface area contributed by atoms with Gasteiger partial charge in [0.05, 0.1) is 6.26 Å². The largest absolute Gasteiger partial charge is 0.469 e. The summed E-state index contributed by atoms with van der Waals surface area (Å²) in [4.78, 5) is 13.9. The highest BCUT2D eigenvalue weighted by molar-refractivity contribution is 5.93. The van der Waals surface area contributed by atoms with Crippen molar-refractivity contribution in [1.82, 2.24) is 15.4 Å². The molecular weight excluding hydrogens is 232 g/mol. The third kappa shape index (κ3) is 2.01. The van der Waals surface area contributed by atoms with Crippen LogP contribution in [0.15, 0.2) is 22.8 Å². The first kappa shape index (κ1) is 11.0. The van der Waals surface area contributed by atoms with Crippen LogP contribution in [-0.2, 0) is 17.6 Å². The van der Waals surface area contributed by atoms with Crippen molar-refractivity contribution in [2.45, 2.75) is 25.7 Å². The summed E-state index contributed by atoms with van der Waals surface area (Å²) < 4.78 is 5.22. The van der Waals surface area contributed by atoms with Crippen molar-refractivity contribution in [3.05, 3.63) is 29.9 Å². The molecule has 0 fully saturated rings. The third-order valence-corrected chi connectivity index (χ3v) is 3.12. The topological polar surface area (TPSA) is 75.0 Å². The Balaban J connectivity index is 1.67. The van der Waals surface area contributed by atoms with E-state index in [2.05, 4.69) is 15.4 Å². The van der Waals surface area contributed by atoms with Crippen LogP contribution in [0.4, 0.5) is 5.82 Å². The molecule has 94 valence electrons. The number of nitrogens with zero attached hydrogens (tertiary/aromatic N) is 3. The van der Waals surface area contributed by atoms with Crippen LogP contribution >= 0.6 is 0 Å². The molecule has 0 bridgehead atoms. The van der Waals surface area contributed by atoms with E-state index in [0.717, 1.165) is 30.8 Å². The van der Waals surface area contributed by atoms with Crippen LogP contribution in [0, 0.1) is 0 Å². The number of amides is 1. The second-order valence-corrected chi connectivity index (χ2v) is 4.32. The molecule has 1 amide bonds. The second kappa shape index (κ2) is 4.64. The van der Waals surface area contributed by atoms with Gasteiger partial charge in [0.15, 0.2) is 5.82 Å². The van der Waals surface area contributed by atoms with Crippen molar-refractivity contribution in [3.8, 4) is 0 Å². The molecule has 0 atom stereocenters. The lowest BCUT2D eigenvalue weighted by Crippen LogP contribution is -2.35. The molecule has 0 spiro atoms. The number of fused-ring (bicyclic) bond motifs is 1. The fourth-order valence-corrected chi connectivity index (χ4v) is 2.20. The molecule has 18 heavy (non-hydrogen) atoms. The Morgan fingerprint density at radius 1 is 1.50 bits per heavy atom. The Labute approximate surface area is 104 Å². The minimum absolute atomic E-state index is 0.0706. The van der Waals surface area contributed by atoms with Gasteiger partial charge in [-0.1, -0.05) is 0 Å². The summed E-state index contributed by atoms with van der Waals surface area (Å²) in [7, 11) is 0. The summed E-state index contributed by atoms with van der Waals surface area (Å²) in [5, 5.41) is 10.7. The van der Waals surface area contributed by atoms with E-state index in [0.29, 0.717) is 18.7 Å². The van der Waals surface area contributed by atoms with Crippen LogP contribution in [0.3, 0.4) is 0 Å². The fraction of sp³-hybridized carbons (Fsp3) is 0.417. The molecule has 0 aliphatic carbocycles. The van der Waals surface area contributed by atoms with Crippen molar-refractivity contribution in [1.29, 1.82) is 0 Å². The number of rotatable bonds is 3.